The molecule has 5 heteroatoms. The second-order valence-electron chi connectivity index (χ2n) is 3.98. The standard InChI is InChI=1S/C11H14ClN3O/c12-9-1-3-10(4-2-9)15(11(13)16)7-5-14-6-8-15/h1-4,14H,5-8H2,(H-,13,16)/p+1. The summed E-state index contributed by atoms with van der Waals surface area (Å²) in [5, 5.41) is 3.89. The first kappa shape index (κ1) is 11.4. The third-order valence-corrected chi connectivity index (χ3v) is 3.34. The van der Waals surface area contributed by atoms with E-state index < -0.39 is 0 Å². The fourth-order valence-corrected chi connectivity index (χ4v) is 2.23. The number of nitrogens with one attached hydrogen (secondary N) is 1. The van der Waals surface area contributed by atoms with Gasteiger partial charge in [0.2, 0.25) is 0 Å². The van der Waals surface area contributed by atoms with Gasteiger partial charge in [-0.05, 0) is 12.1 Å². The SMILES string of the molecule is NC(=O)[N+]1(c2ccc(Cl)cc2)CCNCC1. The first-order valence-electron chi connectivity index (χ1n) is 5.29. The van der Waals surface area contributed by atoms with Gasteiger partial charge in [-0.15, -0.1) is 0 Å². The molecule has 4 nitrogen and oxygen atoms in total. The summed E-state index contributed by atoms with van der Waals surface area (Å²) in [6.45, 7) is 2.98. The van der Waals surface area contributed by atoms with Crippen LogP contribution < -0.4 is 15.5 Å². The van der Waals surface area contributed by atoms with E-state index in [0.717, 1.165) is 18.8 Å². The van der Waals surface area contributed by atoms with Crippen molar-refractivity contribution < 1.29 is 4.79 Å². The third kappa shape index (κ3) is 1.91. The lowest BCUT2D eigenvalue weighted by Crippen LogP contribution is -2.65. The van der Waals surface area contributed by atoms with Crippen molar-refractivity contribution in [1.82, 2.24) is 9.80 Å². The van der Waals surface area contributed by atoms with Crippen LogP contribution in [0.5, 0.6) is 0 Å². The number of primary amides is 1. The minimum Gasteiger partial charge on any atom is -0.319 e. The molecule has 1 fully saturated rings. The van der Waals surface area contributed by atoms with Crippen LogP contribution in [0.1, 0.15) is 0 Å². The van der Waals surface area contributed by atoms with Crippen LogP contribution in [0.4, 0.5) is 10.5 Å². The number of amides is 2. The molecule has 0 atom stereocenters. The summed E-state index contributed by atoms with van der Waals surface area (Å²) in [5.41, 5.74) is 6.46. The van der Waals surface area contributed by atoms with Gasteiger partial charge in [0.05, 0.1) is 0 Å². The van der Waals surface area contributed by atoms with Crippen LogP contribution in [0.3, 0.4) is 0 Å². The van der Waals surface area contributed by atoms with Gasteiger partial charge in [-0.2, -0.15) is 0 Å². The molecule has 0 saturated carbocycles. The van der Waals surface area contributed by atoms with Crippen molar-refractivity contribution >= 4 is 23.3 Å². The maximum Gasteiger partial charge on any atom is 0.419 e. The molecule has 0 radical (unpaired) electrons. The number of carbonyl (C=O) groups is 1. The number of nitrogens with two attached hydrogens (primary N) is 1. The highest BCUT2D eigenvalue weighted by molar-refractivity contribution is 6.30. The fraction of sp³-hybridized carbons (Fsp3) is 0.364. The van der Waals surface area contributed by atoms with E-state index in [-0.39, 0.29) is 10.5 Å². The van der Waals surface area contributed by atoms with Gasteiger partial charge in [0.1, 0.15) is 18.8 Å². The number of benzene rings is 1. The molecule has 86 valence electrons. The van der Waals surface area contributed by atoms with Gasteiger partial charge in [-0.1, -0.05) is 11.6 Å². The topological polar surface area (TPSA) is 55.1 Å². The van der Waals surface area contributed by atoms with Gasteiger partial charge in [0.15, 0.2) is 0 Å². The zero-order chi connectivity index (χ0) is 11.6. The zero-order valence-corrected chi connectivity index (χ0v) is 9.70. The van der Waals surface area contributed by atoms with Crippen LogP contribution in [0, 0.1) is 0 Å². The smallest absolute Gasteiger partial charge is 0.319 e. The lowest BCUT2D eigenvalue weighted by molar-refractivity contribution is 0.200. The summed E-state index contributed by atoms with van der Waals surface area (Å²) < 4.78 is 0.212. The van der Waals surface area contributed by atoms with E-state index in [1.807, 2.05) is 12.1 Å². The number of halogens is 1. The first-order valence-corrected chi connectivity index (χ1v) is 5.67. The molecule has 0 aromatic heterocycles. The lowest BCUT2D eigenvalue weighted by atomic mass is 10.2. The number of carbonyl (C=O) groups excluding carboxylic acids is 1. The number of nitrogens with zero attached hydrogens (tertiary/aromatic N) is 1. The predicted octanol–water partition coefficient (Wildman–Crippen LogP) is 1.33. The van der Waals surface area contributed by atoms with Crippen LogP contribution >= 0.6 is 11.6 Å². The molecule has 1 aromatic rings. The molecule has 1 aliphatic heterocycles. The Kier molecular flexibility index (Phi) is 3.14. The lowest BCUT2D eigenvalue weighted by Gasteiger charge is -2.36. The Labute approximate surface area is 99.6 Å². The highest BCUT2D eigenvalue weighted by Crippen LogP contribution is 2.25. The number of quaternary nitrogens is 1. The highest BCUT2D eigenvalue weighted by Gasteiger charge is 2.38. The average Bonchev–Trinajstić information content (AvgIpc) is 2.30. The monoisotopic (exact) mass is 240 g/mol. The van der Waals surface area contributed by atoms with E-state index in [4.69, 9.17) is 17.3 Å². The summed E-state index contributed by atoms with van der Waals surface area (Å²) in [4.78, 5) is 11.7. The van der Waals surface area contributed by atoms with Crippen molar-refractivity contribution in [3.8, 4) is 0 Å². The van der Waals surface area contributed by atoms with Gasteiger partial charge in [0.25, 0.3) is 0 Å². The second kappa shape index (κ2) is 4.41. The van der Waals surface area contributed by atoms with Crippen LogP contribution in [0.15, 0.2) is 24.3 Å². The molecule has 2 amide bonds. The zero-order valence-electron chi connectivity index (χ0n) is 8.95. The van der Waals surface area contributed by atoms with Crippen molar-refractivity contribution in [2.24, 2.45) is 5.73 Å². The maximum absolute atomic E-state index is 11.7. The number of urea groups is 1. The Balaban J connectivity index is 2.38. The van der Waals surface area contributed by atoms with E-state index in [0.29, 0.717) is 18.1 Å². The fourth-order valence-electron chi connectivity index (χ4n) is 2.11. The second-order valence-corrected chi connectivity index (χ2v) is 4.42. The van der Waals surface area contributed by atoms with Gasteiger partial charge < -0.3 is 11.1 Å². The molecule has 2 rings (SSSR count). The van der Waals surface area contributed by atoms with E-state index >= 15 is 0 Å². The Morgan fingerprint density at radius 3 is 2.31 bits per heavy atom. The van der Waals surface area contributed by atoms with E-state index in [2.05, 4.69) is 5.32 Å². The summed E-state index contributed by atoms with van der Waals surface area (Å²) in [6, 6.07) is 7.03. The Hall–Kier alpha value is -1.10. The van der Waals surface area contributed by atoms with Crippen molar-refractivity contribution in [3.05, 3.63) is 29.3 Å². The molecule has 1 heterocycles. The summed E-state index contributed by atoms with van der Waals surface area (Å²) in [6.07, 6.45) is 0. The van der Waals surface area contributed by atoms with Gasteiger partial charge >= 0.3 is 6.03 Å². The molecular weight excluding hydrogens is 226 g/mol. The summed E-state index contributed by atoms with van der Waals surface area (Å²) >= 11 is 5.84. The highest BCUT2D eigenvalue weighted by atomic mass is 35.5. The van der Waals surface area contributed by atoms with Crippen molar-refractivity contribution in [2.75, 3.05) is 26.2 Å². The molecule has 3 N–H and O–H groups in total. The van der Waals surface area contributed by atoms with Crippen LogP contribution in [0.25, 0.3) is 0 Å². The van der Waals surface area contributed by atoms with E-state index in [9.17, 15) is 4.79 Å². The Bertz CT molecular complexity index is 385. The third-order valence-electron chi connectivity index (χ3n) is 3.08. The molecule has 1 aromatic carbocycles. The van der Waals surface area contributed by atoms with E-state index in [1.54, 1.807) is 12.1 Å². The molecule has 1 saturated heterocycles. The molecule has 16 heavy (non-hydrogen) atoms. The molecule has 0 aliphatic carbocycles. The Morgan fingerprint density at radius 1 is 1.25 bits per heavy atom. The van der Waals surface area contributed by atoms with Crippen LogP contribution in [-0.2, 0) is 0 Å². The minimum absolute atomic E-state index is 0.212. The molecule has 1 aliphatic rings. The number of rotatable bonds is 1. The van der Waals surface area contributed by atoms with Crippen molar-refractivity contribution in [1.29, 1.82) is 0 Å². The quantitative estimate of drug-likeness (QED) is 0.728. The van der Waals surface area contributed by atoms with Gasteiger partial charge in [-0.3, -0.25) is 0 Å². The van der Waals surface area contributed by atoms with Gasteiger partial charge in [-0.25, -0.2) is 9.28 Å². The number of hydrogen-bond acceptors (Lipinski definition) is 2. The molecule has 0 unspecified atom stereocenters. The Morgan fingerprint density at radius 2 is 1.81 bits per heavy atom. The first-order chi connectivity index (χ1) is 7.65. The normalized spacial score (nSPS) is 19.3. The molecule has 0 bridgehead atoms. The number of piperazine rings is 1. The van der Waals surface area contributed by atoms with E-state index in [1.165, 1.54) is 0 Å². The van der Waals surface area contributed by atoms with Crippen molar-refractivity contribution in [3.63, 3.8) is 0 Å². The van der Waals surface area contributed by atoms with Crippen molar-refractivity contribution in [2.45, 2.75) is 0 Å². The van der Waals surface area contributed by atoms with Crippen LogP contribution in [0.2, 0.25) is 5.02 Å². The average molecular weight is 241 g/mol. The minimum atomic E-state index is -0.302. The summed E-state index contributed by atoms with van der Waals surface area (Å²) in [5.74, 6) is 0. The summed E-state index contributed by atoms with van der Waals surface area (Å²) in [7, 11) is 0. The molecule has 0 spiro atoms. The number of hydrogen-bond donors (Lipinski definition) is 2. The predicted molar refractivity (Wildman–Crippen MR) is 65.4 cm³/mol. The van der Waals surface area contributed by atoms with Crippen LogP contribution in [-0.4, -0.2) is 32.2 Å². The largest absolute Gasteiger partial charge is 0.419 e. The van der Waals surface area contributed by atoms with Gasteiger partial charge in [0, 0.05) is 30.2 Å². The molecular formula is C11H15ClN3O+. The maximum atomic E-state index is 11.7.